The molecule has 0 bridgehead atoms. The molecule has 0 N–H and O–H groups in total. The van der Waals surface area contributed by atoms with Crippen LogP contribution in [0.1, 0.15) is 23.7 Å². The predicted octanol–water partition coefficient (Wildman–Crippen LogP) is 4.82. The molecule has 0 saturated heterocycles. The van der Waals surface area contributed by atoms with Crippen molar-refractivity contribution < 1.29 is 35.3 Å². The minimum absolute atomic E-state index is 0.00373. The van der Waals surface area contributed by atoms with Gasteiger partial charge in [0.1, 0.15) is 16.8 Å². The van der Waals surface area contributed by atoms with Crippen molar-refractivity contribution in [1.82, 2.24) is 9.78 Å². The summed E-state index contributed by atoms with van der Waals surface area (Å²) >= 11 is 6.07. The Labute approximate surface area is 186 Å². The molecule has 0 radical (unpaired) electrons. The van der Waals surface area contributed by atoms with Crippen LogP contribution in [0.15, 0.2) is 17.0 Å². The van der Waals surface area contributed by atoms with E-state index in [1.807, 2.05) is 0 Å². The first-order chi connectivity index (χ1) is 14.7. The molecule has 0 fully saturated rings. The topological polar surface area (TPSA) is 71.2 Å². The number of hydrogen-bond donors (Lipinski definition) is 0. The molecule has 2 rings (SSSR count). The average Bonchev–Trinajstić information content (AvgIpc) is 3.04. The van der Waals surface area contributed by atoms with Crippen molar-refractivity contribution in [2.75, 3.05) is 31.7 Å². The minimum Gasteiger partial charge on any atom is -0.380 e. The van der Waals surface area contributed by atoms with Crippen molar-refractivity contribution in [3.63, 3.8) is 0 Å². The first kappa shape index (κ1) is 26.0. The molecule has 176 valence electrons. The number of benzene rings is 1. The van der Waals surface area contributed by atoms with Gasteiger partial charge in [0.15, 0.2) is 16.5 Å². The molecule has 1 heterocycles. The molecule has 14 heteroatoms. The number of alkyl halides is 6. The fraction of sp³-hybridized carbons (Fsp3) is 0.444. The molecule has 1 aromatic heterocycles. The number of anilines is 1. The Morgan fingerprint density at radius 3 is 2.38 bits per heavy atom. The fourth-order valence-corrected chi connectivity index (χ4v) is 4.11. The number of ether oxygens (including phenoxy) is 1. The van der Waals surface area contributed by atoms with Crippen LogP contribution in [0.4, 0.5) is 32.2 Å². The van der Waals surface area contributed by atoms with Gasteiger partial charge in [-0.25, -0.2) is 8.89 Å². The number of aromatic nitrogens is 2. The third-order valence-electron chi connectivity index (χ3n) is 4.25. The Kier molecular flexibility index (Phi) is 7.85. The van der Waals surface area contributed by atoms with Crippen LogP contribution < -0.4 is 4.90 Å². The summed E-state index contributed by atoms with van der Waals surface area (Å²) in [5.74, 6) is -0.401. The van der Waals surface area contributed by atoms with Gasteiger partial charge in [0, 0.05) is 20.2 Å². The number of nitrogens with zero attached hydrogens (tertiary/aromatic N) is 4. The summed E-state index contributed by atoms with van der Waals surface area (Å²) in [6.45, 7) is 3.35. The molecule has 0 saturated carbocycles. The molecule has 1 aromatic carbocycles. The Morgan fingerprint density at radius 2 is 1.91 bits per heavy atom. The minimum atomic E-state index is -5.21. The van der Waals surface area contributed by atoms with Gasteiger partial charge in [-0.15, -0.1) is 0 Å². The summed E-state index contributed by atoms with van der Waals surface area (Å²) in [5, 5.41) is 12.7. The highest BCUT2D eigenvalue weighted by molar-refractivity contribution is 7.86. The number of aryl methyl sites for hydroxylation is 1. The summed E-state index contributed by atoms with van der Waals surface area (Å²) in [7, 11) is -2.30. The smallest absolute Gasteiger partial charge is 0.380 e. The van der Waals surface area contributed by atoms with E-state index in [1.54, 1.807) is 6.92 Å². The maximum Gasteiger partial charge on any atom is 0.476 e. The van der Waals surface area contributed by atoms with E-state index in [4.69, 9.17) is 16.3 Å². The largest absolute Gasteiger partial charge is 0.476 e. The zero-order chi connectivity index (χ0) is 24.4. The maximum atomic E-state index is 13.3. The number of halogens is 7. The van der Waals surface area contributed by atoms with Crippen molar-refractivity contribution in [3.8, 4) is 11.8 Å². The van der Waals surface area contributed by atoms with Crippen LogP contribution in [0.2, 0.25) is 5.02 Å². The lowest BCUT2D eigenvalue weighted by Gasteiger charge is -2.23. The highest BCUT2D eigenvalue weighted by atomic mass is 35.5. The third-order valence-corrected chi connectivity index (χ3v) is 5.71. The molecular weight excluding hydrogens is 486 g/mol. The van der Waals surface area contributed by atoms with Gasteiger partial charge in [0.2, 0.25) is 0 Å². The Hall–Kier alpha value is -2.30. The van der Waals surface area contributed by atoms with Crippen molar-refractivity contribution in [3.05, 3.63) is 34.0 Å². The van der Waals surface area contributed by atoms with Gasteiger partial charge in [-0.1, -0.05) is 11.6 Å². The van der Waals surface area contributed by atoms with Crippen molar-refractivity contribution >= 4 is 28.2 Å². The monoisotopic (exact) mass is 502 g/mol. The fourth-order valence-electron chi connectivity index (χ4n) is 2.87. The lowest BCUT2D eigenvalue weighted by Crippen LogP contribution is -2.28. The van der Waals surface area contributed by atoms with Crippen LogP contribution in [-0.2, 0) is 21.7 Å². The SMILES string of the molecule is CCOCCN(C)c1c(S(=O)C(F)(F)F)c(C#N)nn1-c1c(C)cc(C(F)(F)F)cc1Cl. The van der Waals surface area contributed by atoms with E-state index in [0.29, 0.717) is 12.7 Å². The van der Waals surface area contributed by atoms with Gasteiger partial charge in [-0.05, 0) is 31.5 Å². The quantitative estimate of drug-likeness (QED) is 0.401. The second-order valence-corrected chi connectivity index (χ2v) is 8.30. The van der Waals surface area contributed by atoms with Crippen molar-refractivity contribution in [1.29, 1.82) is 5.26 Å². The molecule has 6 nitrogen and oxygen atoms in total. The lowest BCUT2D eigenvalue weighted by atomic mass is 10.1. The van der Waals surface area contributed by atoms with Gasteiger partial charge >= 0.3 is 11.7 Å². The van der Waals surface area contributed by atoms with Gasteiger partial charge in [-0.3, -0.25) is 0 Å². The van der Waals surface area contributed by atoms with E-state index in [2.05, 4.69) is 5.10 Å². The van der Waals surface area contributed by atoms with Crippen LogP contribution in [0.3, 0.4) is 0 Å². The molecule has 32 heavy (non-hydrogen) atoms. The van der Waals surface area contributed by atoms with Crippen molar-refractivity contribution in [2.45, 2.75) is 30.4 Å². The number of hydrogen-bond acceptors (Lipinski definition) is 5. The first-order valence-electron chi connectivity index (χ1n) is 8.92. The molecule has 0 aliphatic rings. The van der Waals surface area contributed by atoms with Crippen LogP contribution in [0.5, 0.6) is 0 Å². The summed E-state index contributed by atoms with van der Waals surface area (Å²) < 4.78 is 97.5. The van der Waals surface area contributed by atoms with Gasteiger partial charge in [0.25, 0.3) is 0 Å². The molecule has 1 unspecified atom stereocenters. The summed E-state index contributed by atoms with van der Waals surface area (Å²) in [6.07, 6.45) is -4.71. The third kappa shape index (κ3) is 5.36. The average molecular weight is 503 g/mol. The molecule has 0 spiro atoms. The summed E-state index contributed by atoms with van der Waals surface area (Å²) in [5.41, 5.74) is -7.33. The highest BCUT2D eigenvalue weighted by Crippen LogP contribution is 2.40. The predicted molar refractivity (Wildman–Crippen MR) is 105 cm³/mol. The maximum absolute atomic E-state index is 13.3. The zero-order valence-corrected chi connectivity index (χ0v) is 18.5. The van der Waals surface area contributed by atoms with E-state index in [-0.39, 0.29) is 24.4 Å². The Morgan fingerprint density at radius 1 is 1.28 bits per heavy atom. The molecule has 0 amide bonds. The molecule has 0 aliphatic carbocycles. The van der Waals surface area contributed by atoms with Crippen LogP contribution in [0.25, 0.3) is 5.69 Å². The van der Waals surface area contributed by atoms with Crippen LogP contribution in [0, 0.1) is 18.3 Å². The highest BCUT2D eigenvalue weighted by Gasteiger charge is 2.44. The second-order valence-electron chi connectivity index (χ2n) is 6.48. The normalized spacial score (nSPS) is 13.2. The molecule has 2 aromatic rings. The van der Waals surface area contributed by atoms with E-state index in [9.17, 15) is 35.8 Å². The standard InChI is InChI=1S/C18H17ClF6N4O2S/c1-4-31-6-5-28(3)16-15(32(30)18(23,24)25)13(9-26)27-29(16)14-10(2)7-11(8-12(14)19)17(20,21)22/h7-8H,4-6H2,1-3H3. The Balaban J connectivity index is 2.83. The van der Waals surface area contributed by atoms with E-state index < -0.39 is 49.5 Å². The van der Waals surface area contributed by atoms with Crippen LogP contribution >= 0.6 is 11.6 Å². The summed E-state index contributed by atoms with van der Waals surface area (Å²) in [6, 6.07) is 2.82. The zero-order valence-electron chi connectivity index (χ0n) is 16.9. The van der Waals surface area contributed by atoms with E-state index in [0.717, 1.165) is 10.7 Å². The Bertz CT molecular complexity index is 1040. The lowest BCUT2D eigenvalue weighted by molar-refractivity contribution is -0.137. The second kappa shape index (κ2) is 9.68. The molecule has 1 atom stereocenters. The summed E-state index contributed by atoms with van der Waals surface area (Å²) in [4.78, 5) is 0.296. The number of likely N-dealkylation sites (N-methyl/N-ethyl adjacent to an activating group) is 1. The van der Waals surface area contributed by atoms with Gasteiger partial charge < -0.3 is 9.64 Å². The first-order valence-corrected chi connectivity index (χ1v) is 10.4. The van der Waals surface area contributed by atoms with Gasteiger partial charge in [0.05, 0.1) is 22.9 Å². The van der Waals surface area contributed by atoms with Gasteiger partial charge in [-0.2, -0.15) is 36.7 Å². The van der Waals surface area contributed by atoms with E-state index >= 15 is 0 Å². The van der Waals surface area contributed by atoms with E-state index in [1.165, 1.54) is 24.9 Å². The number of rotatable bonds is 7. The number of nitriles is 1. The van der Waals surface area contributed by atoms with Crippen LogP contribution in [-0.4, -0.2) is 46.3 Å². The van der Waals surface area contributed by atoms with Crippen molar-refractivity contribution in [2.24, 2.45) is 0 Å². The molecule has 0 aliphatic heterocycles. The molecular formula is C18H17ClF6N4O2S.